The van der Waals surface area contributed by atoms with Gasteiger partial charge in [0.15, 0.2) is 5.84 Å². The molecule has 0 aliphatic rings. The highest BCUT2D eigenvalue weighted by Gasteiger charge is 2.38. The van der Waals surface area contributed by atoms with Crippen LogP contribution in [0.5, 0.6) is 0 Å². The molecule has 0 radical (unpaired) electrons. The lowest BCUT2D eigenvalue weighted by atomic mass is 9.84. The van der Waals surface area contributed by atoms with Gasteiger partial charge in [-0.2, -0.15) is 0 Å². The van der Waals surface area contributed by atoms with Crippen LogP contribution in [0.1, 0.15) is 41.5 Å². The first-order valence-electron chi connectivity index (χ1n) is 5.71. The Kier molecular flexibility index (Phi) is 4.57. The van der Waals surface area contributed by atoms with Crippen LogP contribution in [-0.2, 0) is 4.79 Å². The largest absolute Gasteiger partial charge is 0.409 e. The second-order valence-electron chi connectivity index (χ2n) is 6.07. The van der Waals surface area contributed by atoms with Crippen LogP contribution in [0.25, 0.3) is 0 Å². The molecule has 0 aliphatic carbocycles. The summed E-state index contributed by atoms with van der Waals surface area (Å²) in [5, 5.41) is 11.6. The van der Waals surface area contributed by atoms with Gasteiger partial charge >= 0.3 is 0 Å². The average Bonchev–Trinajstić information content (AvgIpc) is 2.23. The first-order valence-corrected chi connectivity index (χ1v) is 5.71. The SMILES string of the molecule is CC(N(C)C(=O)C(C)(C)C(N)=NO)C(C)(C)C. The van der Waals surface area contributed by atoms with E-state index >= 15 is 0 Å². The van der Waals surface area contributed by atoms with Gasteiger partial charge in [-0.15, -0.1) is 0 Å². The number of hydrogen-bond acceptors (Lipinski definition) is 3. The van der Waals surface area contributed by atoms with Crippen molar-refractivity contribution in [2.75, 3.05) is 7.05 Å². The topological polar surface area (TPSA) is 78.9 Å². The van der Waals surface area contributed by atoms with Crippen molar-refractivity contribution in [2.24, 2.45) is 21.7 Å². The van der Waals surface area contributed by atoms with E-state index in [9.17, 15) is 4.79 Å². The van der Waals surface area contributed by atoms with Gasteiger partial charge in [-0.05, 0) is 26.2 Å². The molecule has 0 saturated heterocycles. The van der Waals surface area contributed by atoms with Crippen molar-refractivity contribution in [2.45, 2.75) is 47.6 Å². The Bertz CT molecular complexity index is 316. The molecule has 3 N–H and O–H groups in total. The monoisotopic (exact) mass is 243 g/mol. The number of amides is 1. The van der Waals surface area contributed by atoms with Crippen LogP contribution in [-0.4, -0.2) is 34.9 Å². The summed E-state index contributed by atoms with van der Waals surface area (Å²) in [6.07, 6.45) is 0. The van der Waals surface area contributed by atoms with Crippen molar-refractivity contribution >= 4 is 11.7 Å². The van der Waals surface area contributed by atoms with E-state index in [0.717, 1.165) is 0 Å². The fourth-order valence-electron chi connectivity index (χ4n) is 1.43. The third-order valence-electron chi connectivity index (χ3n) is 3.44. The van der Waals surface area contributed by atoms with Crippen LogP contribution >= 0.6 is 0 Å². The Balaban J connectivity index is 5.08. The molecule has 0 fully saturated rings. The lowest BCUT2D eigenvalue weighted by Gasteiger charge is -2.38. The normalized spacial score (nSPS) is 15.6. The van der Waals surface area contributed by atoms with Gasteiger partial charge in [-0.1, -0.05) is 25.9 Å². The summed E-state index contributed by atoms with van der Waals surface area (Å²) in [6, 6.07) is 0.0563. The van der Waals surface area contributed by atoms with Crippen molar-refractivity contribution in [3.05, 3.63) is 0 Å². The van der Waals surface area contributed by atoms with Crippen molar-refractivity contribution < 1.29 is 10.0 Å². The summed E-state index contributed by atoms with van der Waals surface area (Å²) in [5.74, 6) is -0.231. The van der Waals surface area contributed by atoms with Crippen molar-refractivity contribution in [3.63, 3.8) is 0 Å². The lowest BCUT2D eigenvalue weighted by Crippen LogP contribution is -2.52. The number of hydrogen-bond donors (Lipinski definition) is 2. The standard InChI is InChI=1S/C12H25N3O2/c1-8(11(2,3)4)15(7)10(16)12(5,6)9(13)14-17/h8,17H,1-7H3,(H2,13,14). The maximum atomic E-state index is 12.3. The number of carbonyl (C=O) groups is 1. The maximum absolute atomic E-state index is 12.3. The molecular formula is C12H25N3O2. The summed E-state index contributed by atoms with van der Waals surface area (Å²) in [7, 11) is 1.74. The molecule has 1 unspecified atom stereocenters. The van der Waals surface area contributed by atoms with E-state index in [-0.39, 0.29) is 23.2 Å². The van der Waals surface area contributed by atoms with Crippen molar-refractivity contribution in [3.8, 4) is 0 Å². The molecular weight excluding hydrogens is 218 g/mol. The molecule has 0 aromatic heterocycles. The molecule has 100 valence electrons. The highest BCUT2D eigenvalue weighted by molar-refractivity contribution is 6.05. The first-order chi connectivity index (χ1) is 7.46. The third kappa shape index (κ3) is 3.35. The molecule has 1 amide bonds. The Hall–Kier alpha value is -1.26. The number of carbonyl (C=O) groups excluding carboxylic acids is 1. The van der Waals surface area contributed by atoms with Crippen LogP contribution in [0.3, 0.4) is 0 Å². The van der Waals surface area contributed by atoms with E-state index in [1.54, 1.807) is 25.8 Å². The fraction of sp³-hybridized carbons (Fsp3) is 0.833. The maximum Gasteiger partial charge on any atom is 0.235 e. The molecule has 0 aromatic rings. The Morgan fingerprint density at radius 2 is 1.71 bits per heavy atom. The van der Waals surface area contributed by atoms with Crippen LogP contribution in [0.2, 0.25) is 0 Å². The minimum atomic E-state index is -0.997. The third-order valence-corrected chi connectivity index (χ3v) is 3.44. The minimum Gasteiger partial charge on any atom is -0.409 e. The highest BCUT2D eigenvalue weighted by atomic mass is 16.4. The van der Waals surface area contributed by atoms with Crippen molar-refractivity contribution in [1.82, 2.24) is 4.90 Å². The molecule has 5 nitrogen and oxygen atoms in total. The number of rotatable bonds is 3. The van der Waals surface area contributed by atoms with Gasteiger partial charge in [0.2, 0.25) is 5.91 Å². The predicted molar refractivity (Wildman–Crippen MR) is 68.9 cm³/mol. The Labute approximate surface area is 104 Å². The molecule has 0 aliphatic heterocycles. The van der Waals surface area contributed by atoms with Crippen LogP contribution in [0.4, 0.5) is 0 Å². The molecule has 17 heavy (non-hydrogen) atoms. The van der Waals surface area contributed by atoms with Gasteiger partial charge in [0, 0.05) is 13.1 Å². The van der Waals surface area contributed by atoms with Gasteiger partial charge < -0.3 is 15.8 Å². The van der Waals surface area contributed by atoms with E-state index < -0.39 is 5.41 Å². The summed E-state index contributed by atoms with van der Waals surface area (Å²) in [4.78, 5) is 14.0. The summed E-state index contributed by atoms with van der Waals surface area (Å²) < 4.78 is 0. The molecule has 0 aromatic carbocycles. The molecule has 0 bridgehead atoms. The first kappa shape index (κ1) is 15.7. The van der Waals surface area contributed by atoms with E-state index in [0.29, 0.717) is 0 Å². The van der Waals surface area contributed by atoms with Crippen LogP contribution in [0.15, 0.2) is 5.16 Å². The van der Waals surface area contributed by atoms with Gasteiger partial charge in [-0.3, -0.25) is 4.79 Å². The lowest BCUT2D eigenvalue weighted by molar-refractivity contribution is -0.139. The second kappa shape index (κ2) is 4.94. The zero-order chi connectivity index (χ0) is 14.0. The quantitative estimate of drug-likeness (QED) is 0.342. The van der Waals surface area contributed by atoms with E-state index in [1.807, 2.05) is 6.92 Å². The van der Waals surface area contributed by atoms with E-state index in [4.69, 9.17) is 10.9 Å². The molecule has 0 rings (SSSR count). The Morgan fingerprint density at radius 1 is 1.29 bits per heavy atom. The van der Waals surface area contributed by atoms with Gasteiger partial charge in [0.25, 0.3) is 0 Å². The molecule has 1 atom stereocenters. The second-order valence-corrected chi connectivity index (χ2v) is 6.07. The van der Waals surface area contributed by atoms with Crippen LogP contribution in [0, 0.1) is 10.8 Å². The van der Waals surface area contributed by atoms with Gasteiger partial charge in [0.05, 0.1) is 0 Å². The zero-order valence-electron chi connectivity index (χ0n) is 11.9. The molecule has 0 saturated carbocycles. The highest BCUT2D eigenvalue weighted by Crippen LogP contribution is 2.27. The summed E-state index contributed by atoms with van der Waals surface area (Å²) >= 11 is 0. The Morgan fingerprint density at radius 3 is 2.00 bits per heavy atom. The zero-order valence-corrected chi connectivity index (χ0v) is 11.9. The predicted octanol–water partition coefficient (Wildman–Crippen LogP) is 1.65. The number of nitrogens with two attached hydrogens (primary N) is 1. The molecule has 0 spiro atoms. The molecule has 5 heteroatoms. The summed E-state index contributed by atoms with van der Waals surface area (Å²) in [5.41, 5.74) is 4.53. The summed E-state index contributed by atoms with van der Waals surface area (Å²) in [6.45, 7) is 11.5. The number of nitrogens with zero attached hydrogens (tertiary/aromatic N) is 2. The minimum absolute atomic E-state index is 0.0222. The number of amidine groups is 1. The van der Waals surface area contributed by atoms with E-state index in [1.165, 1.54) is 0 Å². The fourth-order valence-corrected chi connectivity index (χ4v) is 1.43. The van der Waals surface area contributed by atoms with Crippen LogP contribution < -0.4 is 5.73 Å². The van der Waals surface area contributed by atoms with Crippen molar-refractivity contribution in [1.29, 1.82) is 0 Å². The molecule has 0 heterocycles. The smallest absolute Gasteiger partial charge is 0.235 e. The van der Waals surface area contributed by atoms with E-state index in [2.05, 4.69) is 25.9 Å². The number of oxime groups is 1. The van der Waals surface area contributed by atoms with Gasteiger partial charge in [0.1, 0.15) is 5.41 Å². The van der Waals surface area contributed by atoms with Gasteiger partial charge in [-0.25, -0.2) is 0 Å². The average molecular weight is 243 g/mol.